The van der Waals surface area contributed by atoms with Crippen LogP contribution in [0.2, 0.25) is 10.0 Å². The quantitative estimate of drug-likeness (QED) is 0.867. The number of carbonyl (C=O) groups excluding carboxylic acids is 1. The number of amides is 1. The molecule has 0 spiro atoms. The molecule has 1 aromatic heterocycles. The number of benzene rings is 1. The van der Waals surface area contributed by atoms with Crippen molar-refractivity contribution >= 4 is 40.7 Å². The van der Waals surface area contributed by atoms with Gasteiger partial charge in [-0.3, -0.25) is 4.79 Å². The van der Waals surface area contributed by atoms with Crippen LogP contribution in [0.25, 0.3) is 0 Å². The minimum absolute atomic E-state index is 0.239. The minimum Gasteiger partial charge on any atom is -0.350 e. The Bertz CT molecular complexity index is 676. The van der Waals surface area contributed by atoms with E-state index in [0.29, 0.717) is 28.2 Å². The number of nitrogens with one attached hydrogen (secondary N) is 2. The number of anilines is 2. The number of carbonyl (C=O) groups is 1. The van der Waals surface area contributed by atoms with E-state index in [4.69, 9.17) is 23.2 Å². The number of halogens is 2. The molecule has 2 N–H and O–H groups in total. The van der Waals surface area contributed by atoms with Gasteiger partial charge in [0, 0.05) is 17.8 Å². The summed E-state index contributed by atoms with van der Waals surface area (Å²) in [5.41, 5.74) is 0.866. The first-order chi connectivity index (χ1) is 10.5. The van der Waals surface area contributed by atoms with Gasteiger partial charge in [0.2, 0.25) is 5.95 Å². The molecule has 0 aliphatic heterocycles. The zero-order valence-corrected chi connectivity index (χ0v) is 13.7. The highest BCUT2D eigenvalue weighted by Crippen LogP contribution is 2.27. The van der Waals surface area contributed by atoms with Crippen LogP contribution in [-0.4, -0.2) is 22.4 Å². The van der Waals surface area contributed by atoms with Gasteiger partial charge in [0.05, 0.1) is 10.7 Å². The van der Waals surface area contributed by atoms with Gasteiger partial charge < -0.3 is 10.6 Å². The molecule has 5 nitrogen and oxygen atoms in total. The van der Waals surface area contributed by atoms with Crippen molar-refractivity contribution in [3.8, 4) is 0 Å². The Balaban J connectivity index is 2.14. The second-order valence-electron chi connectivity index (χ2n) is 5.12. The van der Waals surface area contributed by atoms with Crippen molar-refractivity contribution in [3.05, 3.63) is 46.2 Å². The summed E-state index contributed by atoms with van der Waals surface area (Å²) in [6.07, 6.45) is 1.51. The van der Waals surface area contributed by atoms with Crippen LogP contribution in [0.15, 0.2) is 30.5 Å². The van der Waals surface area contributed by atoms with E-state index in [2.05, 4.69) is 20.6 Å². The molecular formula is C15H16Cl2N4O. The molecule has 0 fully saturated rings. The number of hydrogen-bond acceptors (Lipinski definition) is 4. The molecule has 0 saturated carbocycles. The van der Waals surface area contributed by atoms with Crippen molar-refractivity contribution < 1.29 is 4.79 Å². The van der Waals surface area contributed by atoms with E-state index < -0.39 is 0 Å². The topological polar surface area (TPSA) is 66.9 Å². The molecule has 0 bridgehead atoms. The Morgan fingerprint density at radius 1 is 1.27 bits per heavy atom. The van der Waals surface area contributed by atoms with Gasteiger partial charge in [0.25, 0.3) is 5.91 Å². The largest absolute Gasteiger partial charge is 0.350 e. The Kier molecular flexibility index (Phi) is 5.57. The molecule has 0 unspecified atom stereocenters. The van der Waals surface area contributed by atoms with Crippen molar-refractivity contribution in [1.82, 2.24) is 15.3 Å². The van der Waals surface area contributed by atoms with Gasteiger partial charge in [-0.2, -0.15) is 0 Å². The van der Waals surface area contributed by atoms with Crippen LogP contribution in [-0.2, 0) is 0 Å². The maximum Gasteiger partial charge on any atom is 0.270 e. The van der Waals surface area contributed by atoms with Crippen molar-refractivity contribution in [2.75, 3.05) is 11.9 Å². The molecule has 0 radical (unpaired) electrons. The number of rotatable bonds is 5. The highest BCUT2D eigenvalue weighted by atomic mass is 35.5. The molecule has 1 amide bonds. The zero-order valence-electron chi connectivity index (χ0n) is 12.2. The average Bonchev–Trinajstić information content (AvgIpc) is 2.49. The molecule has 7 heteroatoms. The third kappa shape index (κ3) is 4.58. The molecule has 0 saturated heterocycles. The van der Waals surface area contributed by atoms with Gasteiger partial charge in [-0.05, 0) is 30.2 Å². The van der Waals surface area contributed by atoms with Crippen LogP contribution >= 0.6 is 23.2 Å². The first-order valence-electron chi connectivity index (χ1n) is 6.79. The summed E-state index contributed by atoms with van der Waals surface area (Å²) >= 11 is 12.0. The zero-order chi connectivity index (χ0) is 16.1. The highest BCUT2D eigenvalue weighted by Gasteiger charge is 2.10. The molecule has 1 aromatic carbocycles. The van der Waals surface area contributed by atoms with Crippen LogP contribution in [0.3, 0.4) is 0 Å². The molecule has 1 heterocycles. The maximum absolute atomic E-state index is 12.0. The van der Waals surface area contributed by atoms with Gasteiger partial charge in [0.1, 0.15) is 5.69 Å². The Labute approximate surface area is 139 Å². The van der Waals surface area contributed by atoms with Crippen LogP contribution in [0.4, 0.5) is 11.6 Å². The summed E-state index contributed by atoms with van der Waals surface area (Å²) in [6.45, 7) is 4.63. The predicted molar refractivity (Wildman–Crippen MR) is 88.9 cm³/mol. The summed E-state index contributed by atoms with van der Waals surface area (Å²) in [7, 11) is 0. The average molecular weight is 339 g/mol. The van der Waals surface area contributed by atoms with E-state index >= 15 is 0 Å². The lowest BCUT2D eigenvalue weighted by molar-refractivity contribution is 0.0944. The molecule has 0 atom stereocenters. The van der Waals surface area contributed by atoms with E-state index in [0.717, 1.165) is 0 Å². The first-order valence-corrected chi connectivity index (χ1v) is 7.54. The second-order valence-corrected chi connectivity index (χ2v) is 5.96. The van der Waals surface area contributed by atoms with Crippen molar-refractivity contribution in [1.29, 1.82) is 0 Å². The van der Waals surface area contributed by atoms with Crippen LogP contribution in [0.1, 0.15) is 24.3 Å². The number of aromatic nitrogens is 2. The van der Waals surface area contributed by atoms with Gasteiger partial charge >= 0.3 is 0 Å². The van der Waals surface area contributed by atoms with Crippen LogP contribution < -0.4 is 10.6 Å². The third-order valence-corrected chi connectivity index (χ3v) is 3.30. The lowest BCUT2D eigenvalue weighted by Crippen LogP contribution is -2.28. The first kappa shape index (κ1) is 16.5. The van der Waals surface area contributed by atoms with E-state index in [1.807, 2.05) is 13.8 Å². The van der Waals surface area contributed by atoms with Crippen molar-refractivity contribution in [3.63, 3.8) is 0 Å². The molecule has 22 heavy (non-hydrogen) atoms. The second kappa shape index (κ2) is 7.42. The minimum atomic E-state index is -0.239. The molecular weight excluding hydrogens is 323 g/mol. The fourth-order valence-corrected chi connectivity index (χ4v) is 1.98. The summed E-state index contributed by atoms with van der Waals surface area (Å²) in [5.74, 6) is 0.409. The highest BCUT2D eigenvalue weighted by molar-refractivity contribution is 6.35. The molecule has 2 aromatic rings. The van der Waals surface area contributed by atoms with E-state index in [-0.39, 0.29) is 17.5 Å². The van der Waals surface area contributed by atoms with Gasteiger partial charge in [-0.15, -0.1) is 0 Å². The normalized spacial score (nSPS) is 10.6. The molecule has 2 rings (SSSR count). The fourth-order valence-electron chi connectivity index (χ4n) is 1.65. The van der Waals surface area contributed by atoms with Crippen molar-refractivity contribution in [2.24, 2.45) is 5.92 Å². The van der Waals surface area contributed by atoms with Crippen molar-refractivity contribution in [2.45, 2.75) is 13.8 Å². The fraction of sp³-hybridized carbons (Fsp3) is 0.267. The predicted octanol–water partition coefficient (Wildman–Crippen LogP) is 3.91. The summed E-state index contributed by atoms with van der Waals surface area (Å²) < 4.78 is 0. The summed E-state index contributed by atoms with van der Waals surface area (Å²) in [5, 5.41) is 6.79. The van der Waals surface area contributed by atoms with Crippen LogP contribution in [0.5, 0.6) is 0 Å². The Morgan fingerprint density at radius 3 is 2.77 bits per heavy atom. The van der Waals surface area contributed by atoms with E-state index in [9.17, 15) is 4.79 Å². The molecule has 116 valence electrons. The molecule has 0 aliphatic rings. The summed E-state index contributed by atoms with van der Waals surface area (Å²) in [4.78, 5) is 20.3. The van der Waals surface area contributed by atoms with Gasteiger partial charge in [-0.1, -0.05) is 37.0 Å². The number of nitrogens with zero attached hydrogens (tertiary/aromatic N) is 2. The van der Waals surface area contributed by atoms with E-state index in [1.54, 1.807) is 24.3 Å². The maximum atomic E-state index is 12.0. The standard InChI is InChI=1S/C15H16Cl2N4O/c1-9(2)8-19-14(22)12-5-6-18-15(20-12)21-13-7-10(16)3-4-11(13)17/h3-7,9H,8H2,1-2H3,(H,19,22)(H,18,20,21). The lowest BCUT2D eigenvalue weighted by Gasteiger charge is -2.09. The van der Waals surface area contributed by atoms with Crippen LogP contribution in [0, 0.1) is 5.92 Å². The van der Waals surface area contributed by atoms with Gasteiger partial charge in [-0.25, -0.2) is 9.97 Å². The smallest absolute Gasteiger partial charge is 0.270 e. The van der Waals surface area contributed by atoms with E-state index in [1.165, 1.54) is 6.20 Å². The SMILES string of the molecule is CC(C)CNC(=O)c1ccnc(Nc2cc(Cl)ccc2Cl)n1. The Hall–Kier alpha value is -1.85. The summed E-state index contributed by atoms with van der Waals surface area (Å²) in [6, 6.07) is 6.58. The van der Waals surface area contributed by atoms with Gasteiger partial charge in [0.15, 0.2) is 0 Å². The lowest BCUT2D eigenvalue weighted by atomic mass is 10.2. The monoisotopic (exact) mass is 338 g/mol. The Morgan fingerprint density at radius 2 is 2.05 bits per heavy atom. The number of hydrogen-bond donors (Lipinski definition) is 2. The molecule has 0 aliphatic carbocycles. The third-order valence-electron chi connectivity index (χ3n) is 2.73.